The van der Waals surface area contributed by atoms with E-state index in [0.29, 0.717) is 6.54 Å². The number of nitrogens with zero attached hydrogens (tertiary/aromatic N) is 3. The molecule has 0 amide bonds. The van der Waals surface area contributed by atoms with Crippen molar-refractivity contribution in [2.24, 2.45) is 0 Å². The summed E-state index contributed by atoms with van der Waals surface area (Å²) in [6.07, 6.45) is 4.64. The molecule has 0 aliphatic rings. The number of aliphatic hydroxyl groups excluding tert-OH is 1. The van der Waals surface area contributed by atoms with E-state index in [9.17, 15) is 5.11 Å². The SMILES string of the molecule is Cc1ccc(OCC(O)Cn2ccnc2-c2ccccn2)c(C)c1. The number of hydrogen-bond acceptors (Lipinski definition) is 4. The fourth-order valence-electron chi connectivity index (χ4n) is 2.61. The molecule has 5 nitrogen and oxygen atoms in total. The normalized spacial score (nSPS) is 12.1. The Morgan fingerprint density at radius 3 is 2.75 bits per heavy atom. The van der Waals surface area contributed by atoms with Gasteiger partial charge in [-0.2, -0.15) is 0 Å². The van der Waals surface area contributed by atoms with E-state index in [0.717, 1.165) is 22.8 Å². The number of ether oxygens (including phenoxy) is 1. The van der Waals surface area contributed by atoms with Crippen LogP contribution < -0.4 is 4.74 Å². The molecular weight excluding hydrogens is 302 g/mol. The Hall–Kier alpha value is -2.66. The van der Waals surface area contributed by atoms with Gasteiger partial charge in [-0.15, -0.1) is 0 Å². The van der Waals surface area contributed by atoms with Crippen LogP contribution in [0.25, 0.3) is 11.5 Å². The first-order chi connectivity index (χ1) is 11.6. The van der Waals surface area contributed by atoms with Gasteiger partial charge >= 0.3 is 0 Å². The average molecular weight is 323 g/mol. The lowest BCUT2D eigenvalue weighted by molar-refractivity contribution is 0.0925. The predicted octanol–water partition coefficient (Wildman–Crippen LogP) is 3.00. The van der Waals surface area contributed by atoms with Gasteiger partial charge in [0.25, 0.3) is 0 Å². The fourth-order valence-corrected chi connectivity index (χ4v) is 2.61. The maximum absolute atomic E-state index is 10.3. The van der Waals surface area contributed by atoms with Crippen LogP contribution in [-0.4, -0.2) is 32.4 Å². The van der Waals surface area contributed by atoms with Gasteiger partial charge in [0.2, 0.25) is 0 Å². The lowest BCUT2D eigenvalue weighted by Gasteiger charge is -2.16. The summed E-state index contributed by atoms with van der Waals surface area (Å²) in [5.41, 5.74) is 3.04. The first kappa shape index (κ1) is 16.2. The highest BCUT2D eigenvalue weighted by Crippen LogP contribution is 2.19. The van der Waals surface area contributed by atoms with Gasteiger partial charge in [-0.3, -0.25) is 4.98 Å². The highest BCUT2D eigenvalue weighted by molar-refractivity contribution is 5.49. The first-order valence-corrected chi connectivity index (χ1v) is 7.94. The number of imidazole rings is 1. The molecule has 1 atom stereocenters. The van der Waals surface area contributed by atoms with Crippen LogP contribution in [0.5, 0.6) is 5.75 Å². The summed E-state index contributed by atoms with van der Waals surface area (Å²) < 4.78 is 7.64. The van der Waals surface area contributed by atoms with Gasteiger partial charge in [0, 0.05) is 18.6 Å². The molecule has 0 fully saturated rings. The van der Waals surface area contributed by atoms with Crippen LogP contribution in [0.3, 0.4) is 0 Å². The Morgan fingerprint density at radius 2 is 2.00 bits per heavy atom. The molecule has 1 N–H and O–H groups in total. The highest BCUT2D eigenvalue weighted by Gasteiger charge is 2.12. The standard InChI is InChI=1S/C19H21N3O2/c1-14-6-7-18(15(2)11-14)24-13-16(23)12-22-10-9-21-19(22)17-5-3-4-8-20-17/h3-11,16,23H,12-13H2,1-2H3. The van der Waals surface area contributed by atoms with Crippen molar-refractivity contribution in [2.45, 2.75) is 26.5 Å². The molecule has 5 heteroatoms. The third-order valence-electron chi connectivity index (χ3n) is 3.78. The van der Waals surface area contributed by atoms with Crippen LogP contribution in [0.2, 0.25) is 0 Å². The van der Waals surface area contributed by atoms with E-state index in [2.05, 4.69) is 16.0 Å². The Balaban J connectivity index is 1.64. The summed E-state index contributed by atoms with van der Waals surface area (Å²) in [5, 5.41) is 10.3. The number of benzene rings is 1. The predicted molar refractivity (Wildman–Crippen MR) is 92.9 cm³/mol. The zero-order valence-corrected chi connectivity index (χ0v) is 13.9. The van der Waals surface area contributed by atoms with Gasteiger partial charge in [0.15, 0.2) is 5.82 Å². The Bertz CT molecular complexity index is 799. The van der Waals surface area contributed by atoms with Gasteiger partial charge in [-0.1, -0.05) is 23.8 Å². The van der Waals surface area contributed by atoms with Gasteiger partial charge < -0.3 is 14.4 Å². The van der Waals surface area contributed by atoms with Crippen molar-refractivity contribution in [1.29, 1.82) is 0 Å². The van der Waals surface area contributed by atoms with Crippen molar-refractivity contribution in [3.05, 3.63) is 66.1 Å². The van der Waals surface area contributed by atoms with Crippen molar-refractivity contribution < 1.29 is 9.84 Å². The van der Waals surface area contributed by atoms with E-state index in [4.69, 9.17) is 4.74 Å². The zero-order chi connectivity index (χ0) is 16.9. The summed E-state index contributed by atoms with van der Waals surface area (Å²) in [5.74, 6) is 1.54. The van der Waals surface area contributed by atoms with E-state index in [-0.39, 0.29) is 6.61 Å². The van der Waals surface area contributed by atoms with Crippen LogP contribution in [0.1, 0.15) is 11.1 Å². The van der Waals surface area contributed by atoms with Crippen molar-refractivity contribution in [1.82, 2.24) is 14.5 Å². The fraction of sp³-hybridized carbons (Fsp3) is 0.263. The van der Waals surface area contributed by atoms with Crippen LogP contribution >= 0.6 is 0 Å². The lowest BCUT2D eigenvalue weighted by atomic mass is 10.1. The minimum atomic E-state index is -0.637. The minimum absolute atomic E-state index is 0.226. The molecule has 0 aliphatic carbocycles. The molecule has 2 aromatic heterocycles. The molecule has 3 rings (SSSR count). The van der Waals surface area contributed by atoms with E-state index >= 15 is 0 Å². The number of aryl methyl sites for hydroxylation is 2. The van der Waals surface area contributed by atoms with Crippen molar-refractivity contribution in [3.63, 3.8) is 0 Å². The molecule has 0 saturated carbocycles. The second kappa shape index (κ2) is 7.27. The Morgan fingerprint density at radius 1 is 1.12 bits per heavy atom. The maximum Gasteiger partial charge on any atom is 0.158 e. The molecule has 1 unspecified atom stereocenters. The van der Waals surface area contributed by atoms with Gasteiger partial charge in [-0.25, -0.2) is 4.98 Å². The molecule has 3 aromatic rings. The van der Waals surface area contributed by atoms with E-state index in [1.807, 2.05) is 54.9 Å². The molecular formula is C19H21N3O2. The van der Waals surface area contributed by atoms with Gasteiger partial charge in [0.05, 0.1) is 6.54 Å². The number of hydrogen-bond donors (Lipinski definition) is 1. The smallest absolute Gasteiger partial charge is 0.158 e. The maximum atomic E-state index is 10.3. The third kappa shape index (κ3) is 3.81. The monoisotopic (exact) mass is 323 g/mol. The van der Waals surface area contributed by atoms with E-state index < -0.39 is 6.10 Å². The van der Waals surface area contributed by atoms with Gasteiger partial charge in [-0.05, 0) is 37.6 Å². The van der Waals surface area contributed by atoms with E-state index in [1.165, 1.54) is 5.56 Å². The first-order valence-electron chi connectivity index (χ1n) is 7.94. The van der Waals surface area contributed by atoms with E-state index in [1.54, 1.807) is 12.4 Å². The van der Waals surface area contributed by atoms with Gasteiger partial charge in [0.1, 0.15) is 24.2 Å². The Labute approximate surface area is 141 Å². The number of aromatic nitrogens is 3. The quantitative estimate of drug-likeness (QED) is 0.757. The molecule has 1 aromatic carbocycles. The van der Waals surface area contributed by atoms with Crippen molar-refractivity contribution in [2.75, 3.05) is 6.61 Å². The molecule has 0 aliphatic heterocycles. The molecule has 2 heterocycles. The highest BCUT2D eigenvalue weighted by atomic mass is 16.5. The van der Waals surface area contributed by atoms with Crippen LogP contribution in [0.4, 0.5) is 0 Å². The molecule has 0 saturated heterocycles. The topological polar surface area (TPSA) is 60.2 Å². The summed E-state index contributed by atoms with van der Waals surface area (Å²) >= 11 is 0. The zero-order valence-electron chi connectivity index (χ0n) is 13.9. The van der Waals surface area contributed by atoms with Crippen LogP contribution in [0.15, 0.2) is 55.0 Å². The molecule has 124 valence electrons. The number of rotatable bonds is 6. The molecule has 0 radical (unpaired) electrons. The number of pyridine rings is 1. The second-order valence-electron chi connectivity index (χ2n) is 5.85. The van der Waals surface area contributed by atoms with Crippen molar-refractivity contribution >= 4 is 0 Å². The average Bonchev–Trinajstić information content (AvgIpc) is 3.03. The summed E-state index contributed by atoms with van der Waals surface area (Å²) in [6.45, 7) is 4.67. The summed E-state index contributed by atoms with van der Waals surface area (Å²) in [6, 6.07) is 11.7. The third-order valence-corrected chi connectivity index (χ3v) is 3.78. The molecule has 0 bridgehead atoms. The van der Waals surface area contributed by atoms with Crippen LogP contribution in [0, 0.1) is 13.8 Å². The summed E-state index contributed by atoms with van der Waals surface area (Å²) in [4.78, 5) is 8.64. The summed E-state index contributed by atoms with van der Waals surface area (Å²) in [7, 11) is 0. The Kier molecular flexibility index (Phi) is 4.91. The van der Waals surface area contributed by atoms with Crippen LogP contribution in [-0.2, 0) is 6.54 Å². The lowest BCUT2D eigenvalue weighted by Crippen LogP contribution is -2.24. The molecule has 0 spiro atoms. The number of aliphatic hydroxyl groups is 1. The minimum Gasteiger partial charge on any atom is -0.491 e. The molecule has 24 heavy (non-hydrogen) atoms. The largest absolute Gasteiger partial charge is 0.491 e. The second-order valence-corrected chi connectivity index (χ2v) is 5.85. The van der Waals surface area contributed by atoms with Crippen molar-refractivity contribution in [3.8, 4) is 17.3 Å².